The molecule has 0 aromatic rings. The first-order valence-corrected chi connectivity index (χ1v) is 3.57. The van der Waals surface area contributed by atoms with Crippen molar-refractivity contribution in [1.29, 1.82) is 0 Å². The molecule has 0 bridgehead atoms. The van der Waals surface area contributed by atoms with E-state index in [9.17, 15) is 4.79 Å². The van der Waals surface area contributed by atoms with Gasteiger partial charge in [0, 0.05) is 0 Å². The monoisotopic (exact) mass is 143 g/mol. The molecule has 1 fully saturated rings. The maximum atomic E-state index is 11.0. The molecule has 1 aliphatic carbocycles. The van der Waals surface area contributed by atoms with Crippen molar-refractivity contribution in [3.8, 4) is 0 Å². The third-order valence-electron chi connectivity index (χ3n) is 2.02. The van der Waals surface area contributed by atoms with Gasteiger partial charge in [0.25, 0.3) is 0 Å². The highest BCUT2D eigenvalue weighted by Crippen LogP contribution is 2.41. The van der Waals surface area contributed by atoms with Gasteiger partial charge in [0.2, 0.25) is 0 Å². The van der Waals surface area contributed by atoms with E-state index in [0.29, 0.717) is 12.5 Å². The Bertz CT molecular complexity index is 158. The van der Waals surface area contributed by atoms with Crippen molar-refractivity contribution in [3.05, 3.63) is 0 Å². The van der Waals surface area contributed by atoms with Crippen LogP contribution in [0.3, 0.4) is 0 Å². The molecule has 0 aromatic carbocycles. The van der Waals surface area contributed by atoms with Crippen LogP contribution >= 0.6 is 0 Å². The summed E-state index contributed by atoms with van der Waals surface area (Å²) in [6.45, 7) is 4.16. The SMILES string of the molecule is CCOC(=O)C1(N)C[C@@H]1C. The molecular weight excluding hydrogens is 130 g/mol. The van der Waals surface area contributed by atoms with Crippen LogP contribution < -0.4 is 5.73 Å². The molecule has 1 unspecified atom stereocenters. The molecule has 0 heterocycles. The topological polar surface area (TPSA) is 52.3 Å². The fraction of sp³-hybridized carbons (Fsp3) is 0.857. The molecule has 2 atom stereocenters. The second kappa shape index (κ2) is 2.23. The van der Waals surface area contributed by atoms with Crippen LogP contribution in [0.2, 0.25) is 0 Å². The van der Waals surface area contributed by atoms with E-state index in [1.165, 1.54) is 0 Å². The molecule has 3 nitrogen and oxygen atoms in total. The molecule has 0 amide bonds. The number of carbonyl (C=O) groups excluding carboxylic acids is 1. The zero-order valence-electron chi connectivity index (χ0n) is 6.39. The van der Waals surface area contributed by atoms with Crippen molar-refractivity contribution in [1.82, 2.24) is 0 Å². The second-order valence-corrected chi connectivity index (χ2v) is 2.87. The van der Waals surface area contributed by atoms with Crippen LogP contribution in [-0.2, 0) is 9.53 Å². The summed E-state index contributed by atoms with van der Waals surface area (Å²) in [5.41, 5.74) is 5.00. The molecule has 2 N–H and O–H groups in total. The Hall–Kier alpha value is -0.570. The lowest BCUT2D eigenvalue weighted by molar-refractivity contribution is -0.146. The van der Waals surface area contributed by atoms with Gasteiger partial charge in [0.1, 0.15) is 5.54 Å². The molecule has 0 aromatic heterocycles. The average Bonchev–Trinajstić information content (AvgIpc) is 2.43. The standard InChI is InChI=1S/C7H13NO2/c1-3-10-6(9)7(8)4-5(7)2/h5H,3-4,8H2,1-2H3/t5-,7?/m0/s1. The number of ether oxygens (including phenoxy) is 1. The zero-order chi connectivity index (χ0) is 7.78. The van der Waals surface area contributed by atoms with Gasteiger partial charge in [-0.3, -0.25) is 4.79 Å². The van der Waals surface area contributed by atoms with Crippen molar-refractivity contribution in [3.63, 3.8) is 0 Å². The lowest BCUT2D eigenvalue weighted by Crippen LogP contribution is -2.36. The highest BCUT2D eigenvalue weighted by molar-refractivity contribution is 5.84. The van der Waals surface area contributed by atoms with Gasteiger partial charge in [-0.2, -0.15) is 0 Å². The number of nitrogens with two attached hydrogens (primary N) is 1. The third-order valence-corrected chi connectivity index (χ3v) is 2.02. The van der Waals surface area contributed by atoms with Gasteiger partial charge >= 0.3 is 5.97 Å². The van der Waals surface area contributed by atoms with E-state index < -0.39 is 5.54 Å². The summed E-state index contributed by atoms with van der Waals surface area (Å²) in [5, 5.41) is 0. The first kappa shape index (κ1) is 7.54. The number of hydrogen-bond donors (Lipinski definition) is 1. The summed E-state index contributed by atoms with van der Waals surface area (Å²) < 4.78 is 4.78. The summed E-state index contributed by atoms with van der Waals surface area (Å²) in [7, 11) is 0. The van der Waals surface area contributed by atoms with Gasteiger partial charge in [-0.05, 0) is 19.3 Å². The van der Waals surface area contributed by atoms with Crippen LogP contribution in [0, 0.1) is 5.92 Å². The molecule has 1 aliphatic rings. The van der Waals surface area contributed by atoms with Crippen LogP contribution in [-0.4, -0.2) is 18.1 Å². The van der Waals surface area contributed by atoms with E-state index >= 15 is 0 Å². The fourth-order valence-electron chi connectivity index (χ4n) is 0.998. The molecule has 0 saturated heterocycles. The average molecular weight is 143 g/mol. The van der Waals surface area contributed by atoms with Gasteiger partial charge in [-0.15, -0.1) is 0 Å². The van der Waals surface area contributed by atoms with E-state index in [2.05, 4.69) is 0 Å². The molecule has 0 aliphatic heterocycles. The zero-order valence-corrected chi connectivity index (χ0v) is 6.39. The highest BCUT2D eigenvalue weighted by atomic mass is 16.5. The van der Waals surface area contributed by atoms with Crippen LogP contribution in [0.1, 0.15) is 20.3 Å². The number of esters is 1. The van der Waals surface area contributed by atoms with Gasteiger partial charge in [-0.1, -0.05) is 6.92 Å². The smallest absolute Gasteiger partial charge is 0.326 e. The largest absolute Gasteiger partial charge is 0.465 e. The first-order valence-electron chi connectivity index (χ1n) is 3.57. The maximum Gasteiger partial charge on any atom is 0.326 e. The lowest BCUT2D eigenvalue weighted by Gasteiger charge is -2.07. The number of hydrogen-bond acceptors (Lipinski definition) is 3. The van der Waals surface area contributed by atoms with Crippen LogP contribution in [0.25, 0.3) is 0 Å². The normalized spacial score (nSPS) is 37.3. The van der Waals surface area contributed by atoms with E-state index in [4.69, 9.17) is 10.5 Å². The van der Waals surface area contributed by atoms with E-state index in [1.807, 2.05) is 6.92 Å². The molecule has 10 heavy (non-hydrogen) atoms. The quantitative estimate of drug-likeness (QED) is 0.565. The molecule has 0 spiro atoms. The molecule has 3 heteroatoms. The van der Waals surface area contributed by atoms with Crippen molar-refractivity contribution in [2.45, 2.75) is 25.8 Å². The molecule has 0 radical (unpaired) electrons. The van der Waals surface area contributed by atoms with Crippen molar-refractivity contribution < 1.29 is 9.53 Å². The van der Waals surface area contributed by atoms with Gasteiger partial charge in [-0.25, -0.2) is 0 Å². The molecule has 58 valence electrons. The molecule has 1 rings (SSSR count). The van der Waals surface area contributed by atoms with E-state index in [0.717, 1.165) is 6.42 Å². The highest BCUT2D eigenvalue weighted by Gasteiger charge is 2.55. The van der Waals surface area contributed by atoms with E-state index in [-0.39, 0.29) is 5.97 Å². The number of rotatable bonds is 2. The summed E-state index contributed by atoms with van der Waals surface area (Å²) in [6, 6.07) is 0. The van der Waals surface area contributed by atoms with Gasteiger partial charge < -0.3 is 10.5 Å². The van der Waals surface area contributed by atoms with Crippen molar-refractivity contribution >= 4 is 5.97 Å². The Morgan fingerprint density at radius 1 is 1.90 bits per heavy atom. The van der Waals surface area contributed by atoms with Crippen LogP contribution in [0.15, 0.2) is 0 Å². The summed E-state index contributed by atoms with van der Waals surface area (Å²) in [4.78, 5) is 11.0. The van der Waals surface area contributed by atoms with Crippen LogP contribution in [0.5, 0.6) is 0 Å². The van der Waals surface area contributed by atoms with Gasteiger partial charge in [0.05, 0.1) is 6.61 Å². The molecule has 1 saturated carbocycles. The minimum Gasteiger partial charge on any atom is -0.465 e. The Kier molecular flexibility index (Phi) is 1.68. The summed E-state index contributed by atoms with van der Waals surface area (Å²) in [6.07, 6.45) is 0.770. The second-order valence-electron chi connectivity index (χ2n) is 2.87. The minimum atomic E-state index is -0.643. The molecular formula is C7H13NO2. The number of carbonyl (C=O) groups is 1. The van der Waals surface area contributed by atoms with Crippen molar-refractivity contribution in [2.24, 2.45) is 11.7 Å². The fourth-order valence-corrected chi connectivity index (χ4v) is 0.998. The van der Waals surface area contributed by atoms with Crippen LogP contribution in [0.4, 0.5) is 0 Å². The maximum absolute atomic E-state index is 11.0. The third kappa shape index (κ3) is 1.01. The van der Waals surface area contributed by atoms with E-state index in [1.54, 1.807) is 6.92 Å². The predicted molar refractivity (Wildman–Crippen MR) is 37.3 cm³/mol. The van der Waals surface area contributed by atoms with Crippen molar-refractivity contribution in [2.75, 3.05) is 6.61 Å². The summed E-state index contributed by atoms with van der Waals surface area (Å²) >= 11 is 0. The lowest BCUT2D eigenvalue weighted by atomic mass is 10.2. The Morgan fingerprint density at radius 2 is 2.40 bits per heavy atom. The first-order chi connectivity index (χ1) is 4.61. The predicted octanol–water partition coefficient (Wildman–Crippen LogP) is 0.287. The minimum absolute atomic E-state index is 0.248. The Labute approximate surface area is 60.5 Å². The van der Waals surface area contributed by atoms with Gasteiger partial charge in [0.15, 0.2) is 0 Å². The summed E-state index contributed by atoms with van der Waals surface area (Å²) in [5.74, 6) is 0.0500. The Morgan fingerprint density at radius 3 is 2.70 bits per heavy atom. The Balaban J connectivity index is 2.43.